The zero-order chi connectivity index (χ0) is 19.8. The molecule has 0 aliphatic carbocycles. The van der Waals surface area contributed by atoms with Crippen molar-refractivity contribution in [3.05, 3.63) is 66.2 Å². The van der Waals surface area contributed by atoms with Gasteiger partial charge in [0.25, 0.3) is 0 Å². The van der Waals surface area contributed by atoms with E-state index in [1.165, 1.54) is 5.56 Å². The number of hydrogen-bond acceptors (Lipinski definition) is 5. The first-order chi connectivity index (χ1) is 13.7. The number of para-hydroxylation sites is 1. The first kappa shape index (κ1) is 19.8. The molecule has 2 aromatic carbocycles. The SMILES string of the molecule is CCc1ccccc1Nc1cc(-c2ccccc2)nc(NCCCN(C)C)n1. The van der Waals surface area contributed by atoms with Crippen LogP contribution in [0.2, 0.25) is 0 Å². The lowest BCUT2D eigenvalue weighted by Crippen LogP contribution is -2.17. The third kappa shape index (κ3) is 5.54. The van der Waals surface area contributed by atoms with Crippen molar-refractivity contribution < 1.29 is 0 Å². The van der Waals surface area contributed by atoms with Crippen LogP contribution in [0.25, 0.3) is 11.3 Å². The predicted molar refractivity (Wildman–Crippen MR) is 118 cm³/mol. The lowest BCUT2D eigenvalue weighted by molar-refractivity contribution is 0.405. The molecule has 0 bridgehead atoms. The molecule has 5 nitrogen and oxygen atoms in total. The molecule has 3 rings (SSSR count). The average Bonchev–Trinajstić information content (AvgIpc) is 2.72. The molecular weight excluding hydrogens is 346 g/mol. The summed E-state index contributed by atoms with van der Waals surface area (Å²) in [6.07, 6.45) is 2.00. The van der Waals surface area contributed by atoms with E-state index in [1.807, 2.05) is 30.3 Å². The van der Waals surface area contributed by atoms with Crippen molar-refractivity contribution >= 4 is 17.5 Å². The Morgan fingerprint density at radius 1 is 0.929 bits per heavy atom. The van der Waals surface area contributed by atoms with Crippen LogP contribution in [0.4, 0.5) is 17.5 Å². The molecule has 0 radical (unpaired) electrons. The standard InChI is InChI=1S/C23H29N5/c1-4-18-11-8-9-14-20(18)25-22-17-21(19-12-6-5-7-13-19)26-23(27-22)24-15-10-16-28(2)3/h5-9,11-14,17H,4,10,15-16H2,1-3H3,(H2,24,25,26,27). The zero-order valence-electron chi connectivity index (χ0n) is 16.9. The van der Waals surface area contributed by atoms with Crippen molar-refractivity contribution in [2.24, 2.45) is 0 Å². The van der Waals surface area contributed by atoms with E-state index in [0.29, 0.717) is 5.95 Å². The van der Waals surface area contributed by atoms with Gasteiger partial charge in [-0.2, -0.15) is 4.98 Å². The zero-order valence-corrected chi connectivity index (χ0v) is 16.9. The topological polar surface area (TPSA) is 53.1 Å². The van der Waals surface area contributed by atoms with Gasteiger partial charge in [-0.05, 0) is 45.1 Å². The molecule has 0 saturated heterocycles. The number of aromatic nitrogens is 2. The summed E-state index contributed by atoms with van der Waals surface area (Å²) in [5, 5.41) is 6.86. The maximum atomic E-state index is 4.73. The molecule has 0 saturated carbocycles. The Morgan fingerprint density at radius 3 is 2.43 bits per heavy atom. The van der Waals surface area contributed by atoms with Gasteiger partial charge >= 0.3 is 0 Å². The van der Waals surface area contributed by atoms with E-state index in [0.717, 1.165) is 48.7 Å². The summed E-state index contributed by atoms with van der Waals surface area (Å²) in [6, 6.07) is 20.6. The molecule has 146 valence electrons. The summed E-state index contributed by atoms with van der Waals surface area (Å²) in [6.45, 7) is 4.02. The lowest BCUT2D eigenvalue weighted by atomic mass is 10.1. The summed E-state index contributed by atoms with van der Waals surface area (Å²) in [5.74, 6) is 1.45. The first-order valence-electron chi connectivity index (χ1n) is 9.83. The highest BCUT2D eigenvalue weighted by atomic mass is 15.1. The Labute approximate surface area is 167 Å². The highest BCUT2D eigenvalue weighted by molar-refractivity contribution is 5.68. The van der Waals surface area contributed by atoms with Crippen LogP contribution in [-0.4, -0.2) is 42.1 Å². The molecular formula is C23H29N5. The fourth-order valence-electron chi connectivity index (χ4n) is 3.03. The van der Waals surface area contributed by atoms with Crippen LogP contribution in [0.15, 0.2) is 60.7 Å². The summed E-state index contributed by atoms with van der Waals surface area (Å²) >= 11 is 0. The van der Waals surface area contributed by atoms with Gasteiger partial charge in [0.05, 0.1) is 5.69 Å². The molecule has 0 fully saturated rings. The predicted octanol–water partition coefficient (Wildman–Crippen LogP) is 4.81. The van der Waals surface area contributed by atoms with Gasteiger partial charge in [-0.3, -0.25) is 0 Å². The van der Waals surface area contributed by atoms with E-state index in [2.05, 4.69) is 66.9 Å². The number of nitrogens with zero attached hydrogens (tertiary/aromatic N) is 3. The van der Waals surface area contributed by atoms with Crippen molar-refractivity contribution in [2.45, 2.75) is 19.8 Å². The number of benzene rings is 2. The monoisotopic (exact) mass is 375 g/mol. The van der Waals surface area contributed by atoms with Crippen molar-refractivity contribution in [2.75, 3.05) is 37.8 Å². The number of nitrogens with one attached hydrogen (secondary N) is 2. The van der Waals surface area contributed by atoms with Gasteiger partial charge in [0.2, 0.25) is 5.95 Å². The van der Waals surface area contributed by atoms with Gasteiger partial charge in [-0.25, -0.2) is 4.98 Å². The number of anilines is 3. The highest BCUT2D eigenvalue weighted by Gasteiger charge is 2.08. The second-order valence-corrected chi connectivity index (χ2v) is 7.05. The fourth-order valence-corrected chi connectivity index (χ4v) is 3.03. The first-order valence-corrected chi connectivity index (χ1v) is 9.83. The molecule has 1 aromatic heterocycles. The van der Waals surface area contributed by atoms with Crippen LogP contribution in [0.3, 0.4) is 0 Å². The molecule has 28 heavy (non-hydrogen) atoms. The average molecular weight is 376 g/mol. The Hall–Kier alpha value is -2.92. The Morgan fingerprint density at radius 2 is 1.68 bits per heavy atom. The molecule has 0 amide bonds. The van der Waals surface area contributed by atoms with Gasteiger partial charge < -0.3 is 15.5 Å². The normalized spacial score (nSPS) is 10.9. The number of hydrogen-bond donors (Lipinski definition) is 2. The highest BCUT2D eigenvalue weighted by Crippen LogP contribution is 2.25. The van der Waals surface area contributed by atoms with Crippen molar-refractivity contribution in [3.63, 3.8) is 0 Å². The van der Waals surface area contributed by atoms with E-state index in [9.17, 15) is 0 Å². The van der Waals surface area contributed by atoms with Crippen LogP contribution in [0.1, 0.15) is 18.9 Å². The van der Waals surface area contributed by atoms with Crippen LogP contribution < -0.4 is 10.6 Å². The summed E-state index contributed by atoms with van der Waals surface area (Å²) in [4.78, 5) is 11.6. The molecule has 3 aromatic rings. The van der Waals surface area contributed by atoms with Crippen molar-refractivity contribution in [3.8, 4) is 11.3 Å². The molecule has 0 unspecified atom stereocenters. The van der Waals surface area contributed by atoms with E-state index in [4.69, 9.17) is 9.97 Å². The maximum Gasteiger partial charge on any atom is 0.225 e. The smallest absolute Gasteiger partial charge is 0.225 e. The minimum Gasteiger partial charge on any atom is -0.354 e. The molecule has 0 aliphatic rings. The minimum absolute atomic E-state index is 0.650. The van der Waals surface area contributed by atoms with Gasteiger partial charge in [0.1, 0.15) is 5.82 Å². The van der Waals surface area contributed by atoms with E-state index in [1.54, 1.807) is 0 Å². The fraction of sp³-hybridized carbons (Fsp3) is 0.304. The lowest BCUT2D eigenvalue weighted by Gasteiger charge is -2.14. The van der Waals surface area contributed by atoms with Crippen LogP contribution in [0, 0.1) is 0 Å². The molecule has 0 spiro atoms. The second-order valence-electron chi connectivity index (χ2n) is 7.05. The molecule has 0 atom stereocenters. The maximum absolute atomic E-state index is 4.73. The van der Waals surface area contributed by atoms with Gasteiger partial charge in [0.15, 0.2) is 0 Å². The molecule has 0 aliphatic heterocycles. The summed E-state index contributed by atoms with van der Waals surface area (Å²) in [7, 11) is 4.17. The summed E-state index contributed by atoms with van der Waals surface area (Å²) in [5.41, 5.74) is 4.33. The van der Waals surface area contributed by atoms with E-state index in [-0.39, 0.29) is 0 Å². The van der Waals surface area contributed by atoms with E-state index >= 15 is 0 Å². The Balaban J connectivity index is 1.86. The van der Waals surface area contributed by atoms with Gasteiger partial charge in [-0.1, -0.05) is 55.5 Å². The van der Waals surface area contributed by atoms with E-state index < -0.39 is 0 Å². The minimum atomic E-state index is 0.650. The molecule has 5 heteroatoms. The Kier molecular flexibility index (Phi) is 6.98. The second kappa shape index (κ2) is 9.85. The largest absolute Gasteiger partial charge is 0.354 e. The molecule has 1 heterocycles. The third-order valence-corrected chi connectivity index (χ3v) is 4.52. The van der Waals surface area contributed by atoms with Gasteiger partial charge in [0, 0.05) is 23.9 Å². The Bertz CT molecular complexity index is 877. The number of aryl methyl sites for hydroxylation is 1. The van der Waals surface area contributed by atoms with Crippen molar-refractivity contribution in [1.29, 1.82) is 0 Å². The quantitative estimate of drug-likeness (QED) is 0.526. The third-order valence-electron chi connectivity index (χ3n) is 4.52. The van der Waals surface area contributed by atoms with Crippen LogP contribution in [-0.2, 0) is 6.42 Å². The summed E-state index contributed by atoms with van der Waals surface area (Å²) < 4.78 is 0. The van der Waals surface area contributed by atoms with Crippen molar-refractivity contribution in [1.82, 2.24) is 14.9 Å². The van der Waals surface area contributed by atoms with Crippen LogP contribution in [0.5, 0.6) is 0 Å². The molecule has 2 N–H and O–H groups in total. The van der Waals surface area contributed by atoms with Gasteiger partial charge in [-0.15, -0.1) is 0 Å². The van der Waals surface area contributed by atoms with Crippen LogP contribution >= 0.6 is 0 Å². The number of rotatable bonds is 9.